The Labute approximate surface area is 171 Å². The molecule has 0 saturated carbocycles. The summed E-state index contributed by atoms with van der Waals surface area (Å²) in [5.41, 5.74) is 10.8. The van der Waals surface area contributed by atoms with Gasteiger partial charge in [0.25, 0.3) is 0 Å². The maximum atomic E-state index is 6.42. The molecule has 0 spiro atoms. The molecule has 0 heterocycles. The Kier molecular flexibility index (Phi) is 6.62. The van der Waals surface area contributed by atoms with Gasteiger partial charge in [0.1, 0.15) is 0 Å². The third-order valence-corrected chi connectivity index (χ3v) is 5.05. The lowest BCUT2D eigenvalue weighted by molar-refractivity contribution is 0.872. The molecule has 0 aromatic heterocycles. The van der Waals surface area contributed by atoms with Crippen LogP contribution in [0.25, 0.3) is 16.8 Å². The average molecular weight is 390 g/mol. The Morgan fingerprint density at radius 2 is 1.71 bits per heavy atom. The van der Waals surface area contributed by atoms with Crippen molar-refractivity contribution in [3.8, 4) is 11.1 Å². The van der Waals surface area contributed by atoms with Crippen LogP contribution in [0.1, 0.15) is 22.3 Å². The van der Waals surface area contributed by atoms with Crippen LogP contribution in [0.3, 0.4) is 0 Å². The van der Waals surface area contributed by atoms with Crippen molar-refractivity contribution in [3.05, 3.63) is 101 Å². The zero-order chi connectivity index (χ0) is 19.9. The van der Waals surface area contributed by atoms with E-state index >= 15 is 0 Å². The molecule has 0 radical (unpaired) electrons. The molecule has 3 rings (SSSR count). The van der Waals surface area contributed by atoms with Crippen LogP contribution in [0.5, 0.6) is 0 Å². The highest BCUT2D eigenvalue weighted by Gasteiger charge is 2.09. The van der Waals surface area contributed by atoms with Gasteiger partial charge < -0.3 is 0 Å². The monoisotopic (exact) mass is 389 g/mol. The highest BCUT2D eigenvalue weighted by Crippen LogP contribution is 2.30. The van der Waals surface area contributed by atoms with E-state index in [1.54, 1.807) is 7.05 Å². The van der Waals surface area contributed by atoms with Crippen LogP contribution in [0.15, 0.2) is 83.6 Å². The predicted molar refractivity (Wildman–Crippen MR) is 118 cm³/mol. The minimum atomic E-state index is 0.732. The SMILES string of the molecule is C=C(NN=NC)c1ccc(CCc2cc(Cl)cc(-c3ccccc3)c2C)cc1. The smallest absolute Gasteiger partial charge is 0.0579 e. The van der Waals surface area contributed by atoms with Crippen LogP contribution in [0, 0.1) is 6.92 Å². The molecule has 0 saturated heterocycles. The molecule has 0 aliphatic heterocycles. The quantitative estimate of drug-likeness (QED) is 0.356. The summed E-state index contributed by atoms with van der Waals surface area (Å²) in [5.74, 6) is 0. The van der Waals surface area contributed by atoms with Crippen molar-refractivity contribution in [2.75, 3.05) is 7.05 Å². The summed E-state index contributed by atoms with van der Waals surface area (Å²) in [6.07, 6.45) is 1.89. The van der Waals surface area contributed by atoms with Gasteiger partial charge in [0, 0.05) is 5.02 Å². The Morgan fingerprint density at radius 1 is 1.00 bits per heavy atom. The summed E-state index contributed by atoms with van der Waals surface area (Å²) in [6, 6.07) is 22.9. The largest absolute Gasteiger partial charge is 0.260 e. The van der Waals surface area contributed by atoms with Gasteiger partial charge in [0.2, 0.25) is 0 Å². The number of nitrogens with zero attached hydrogens (tertiary/aromatic N) is 2. The molecule has 0 aliphatic carbocycles. The number of nitrogens with one attached hydrogen (secondary N) is 1. The van der Waals surface area contributed by atoms with Gasteiger partial charge in [-0.05, 0) is 65.3 Å². The highest BCUT2D eigenvalue weighted by molar-refractivity contribution is 6.31. The zero-order valence-corrected chi connectivity index (χ0v) is 17.0. The molecule has 0 atom stereocenters. The van der Waals surface area contributed by atoms with Crippen molar-refractivity contribution in [2.24, 2.45) is 10.3 Å². The third kappa shape index (κ3) is 4.87. The Hall–Kier alpha value is -2.91. The lowest BCUT2D eigenvalue weighted by Crippen LogP contribution is -2.02. The van der Waals surface area contributed by atoms with Gasteiger partial charge in [-0.25, -0.2) is 0 Å². The molecule has 0 unspecified atom stereocenters. The molecule has 3 aromatic rings. The zero-order valence-electron chi connectivity index (χ0n) is 16.2. The van der Waals surface area contributed by atoms with Gasteiger partial charge in [0.05, 0.1) is 12.7 Å². The lowest BCUT2D eigenvalue weighted by Gasteiger charge is -2.13. The Balaban J connectivity index is 1.74. The maximum absolute atomic E-state index is 6.42. The van der Waals surface area contributed by atoms with Crippen molar-refractivity contribution in [3.63, 3.8) is 0 Å². The normalized spacial score (nSPS) is 11.0. The standard InChI is InChI=1S/C24H24ClN3/c1-17-22(15-23(25)16-24(17)21-7-5-4-6-8-21)14-11-19-9-12-20(13-10-19)18(2)27-28-26-3/h4-10,12-13,15-16H,2,11,14H2,1,3H3,(H,26,27). The van der Waals surface area contributed by atoms with Crippen LogP contribution in [-0.2, 0) is 12.8 Å². The number of rotatable bonds is 7. The Morgan fingerprint density at radius 3 is 2.39 bits per heavy atom. The molecule has 0 amide bonds. The van der Waals surface area contributed by atoms with Gasteiger partial charge >= 0.3 is 0 Å². The second-order valence-corrected chi connectivity index (χ2v) is 7.13. The second kappa shape index (κ2) is 9.34. The molecule has 1 N–H and O–H groups in total. The van der Waals surface area contributed by atoms with Crippen molar-refractivity contribution >= 4 is 17.3 Å². The summed E-state index contributed by atoms with van der Waals surface area (Å²) < 4.78 is 0. The van der Waals surface area contributed by atoms with Crippen molar-refractivity contribution in [1.29, 1.82) is 0 Å². The molecule has 4 heteroatoms. The second-order valence-electron chi connectivity index (χ2n) is 6.69. The maximum Gasteiger partial charge on any atom is 0.0579 e. The van der Waals surface area contributed by atoms with Gasteiger partial charge in [-0.15, -0.1) is 0 Å². The molecule has 3 nitrogen and oxygen atoms in total. The van der Waals surface area contributed by atoms with E-state index in [2.05, 4.69) is 89.9 Å². The Bertz CT molecular complexity index is 977. The van der Waals surface area contributed by atoms with Crippen LogP contribution in [0.4, 0.5) is 0 Å². The van der Waals surface area contributed by atoms with E-state index in [1.807, 2.05) is 6.07 Å². The van der Waals surface area contributed by atoms with Crippen LogP contribution in [0.2, 0.25) is 5.02 Å². The fraction of sp³-hybridized carbons (Fsp3) is 0.167. The average Bonchev–Trinajstić information content (AvgIpc) is 2.73. The molecule has 142 valence electrons. The first-order valence-corrected chi connectivity index (χ1v) is 9.64. The minimum Gasteiger partial charge on any atom is -0.260 e. The van der Waals surface area contributed by atoms with E-state index < -0.39 is 0 Å². The van der Waals surface area contributed by atoms with E-state index in [1.165, 1.54) is 27.8 Å². The fourth-order valence-corrected chi connectivity index (χ4v) is 3.48. The molecule has 0 aliphatic rings. The minimum absolute atomic E-state index is 0.732. The highest BCUT2D eigenvalue weighted by atomic mass is 35.5. The first-order valence-electron chi connectivity index (χ1n) is 9.26. The summed E-state index contributed by atoms with van der Waals surface area (Å²) in [5, 5.41) is 8.21. The van der Waals surface area contributed by atoms with Gasteiger partial charge in [0.15, 0.2) is 0 Å². The molecular weight excluding hydrogens is 366 g/mol. The molecule has 28 heavy (non-hydrogen) atoms. The summed E-state index contributed by atoms with van der Waals surface area (Å²) >= 11 is 6.42. The molecule has 0 bridgehead atoms. The lowest BCUT2D eigenvalue weighted by atomic mass is 9.93. The van der Waals surface area contributed by atoms with E-state index in [-0.39, 0.29) is 0 Å². The first kappa shape index (κ1) is 19.8. The van der Waals surface area contributed by atoms with E-state index in [4.69, 9.17) is 11.6 Å². The van der Waals surface area contributed by atoms with E-state index in [9.17, 15) is 0 Å². The van der Waals surface area contributed by atoms with Crippen LogP contribution >= 0.6 is 11.6 Å². The molecular formula is C24H24ClN3. The number of hydrogen-bond acceptors (Lipinski definition) is 2. The molecule has 0 fully saturated rings. The van der Waals surface area contributed by atoms with Crippen LogP contribution in [-0.4, -0.2) is 7.05 Å². The first-order chi connectivity index (χ1) is 13.6. The number of hydrogen-bond donors (Lipinski definition) is 1. The predicted octanol–water partition coefficient (Wildman–Crippen LogP) is 6.66. The fourth-order valence-electron chi connectivity index (χ4n) is 3.24. The molecule has 3 aromatic carbocycles. The van der Waals surface area contributed by atoms with Crippen LogP contribution < -0.4 is 5.43 Å². The summed E-state index contributed by atoms with van der Waals surface area (Å²) in [7, 11) is 1.62. The van der Waals surface area contributed by atoms with E-state index in [0.29, 0.717) is 0 Å². The van der Waals surface area contributed by atoms with Crippen molar-refractivity contribution < 1.29 is 0 Å². The van der Waals surface area contributed by atoms with Crippen molar-refractivity contribution in [1.82, 2.24) is 5.43 Å². The topological polar surface area (TPSA) is 36.8 Å². The third-order valence-electron chi connectivity index (χ3n) is 4.84. The summed E-state index contributed by atoms with van der Waals surface area (Å²) in [4.78, 5) is 0. The number of aryl methyl sites for hydroxylation is 2. The summed E-state index contributed by atoms with van der Waals surface area (Å²) in [6.45, 7) is 6.14. The van der Waals surface area contributed by atoms with E-state index in [0.717, 1.165) is 29.1 Å². The number of benzene rings is 3. The van der Waals surface area contributed by atoms with Gasteiger partial charge in [-0.2, -0.15) is 5.11 Å². The van der Waals surface area contributed by atoms with Crippen molar-refractivity contribution in [2.45, 2.75) is 19.8 Å². The number of halogens is 1. The van der Waals surface area contributed by atoms with Gasteiger partial charge in [-0.3, -0.25) is 5.43 Å². The van der Waals surface area contributed by atoms with Gasteiger partial charge in [-0.1, -0.05) is 78.0 Å².